The predicted octanol–water partition coefficient (Wildman–Crippen LogP) is 4.35. The van der Waals surface area contributed by atoms with Crippen molar-refractivity contribution in [2.24, 2.45) is 0 Å². The maximum atomic E-state index is 13.2. The number of para-hydroxylation sites is 2. The third-order valence-corrected chi connectivity index (χ3v) is 5.35. The van der Waals surface area contributed by atoms with E-state index in [1.807, 2.05) is 85.1 Å². The number of aromatic amines is 1. The Hall–Kier alpha value is -3.86. The Morgan fingerprint density at radius 3 is 2.48 bits per heavy atom. The summed E-state index contributed by atoms with van der Waals surface area (Å²) in [5, 5.41) is 3.93. The summed E-state index contributed by atoms with van der Waals surface area (Å²) >= 11 is 0. The smallest absolute Gasteiger partial charge is 0.255 e. The number of rotatable bonds is 4. The fourth-order valence-electron chi connectivity index (χ4n) is 4.07. The van der Waals surface area contributed by atoms with Gasteiger partial charge in [0.05, 0.1) is 6.04 Å². The molecule has 2 N–H and O–H groups in total. The highest BCUT2D eigenvalue weighted by Crippen LogP contribution is 2.40. The van der Waals surface area contributed by atoms with E-state index in [0.29, 0.717) is 11.3 Å². The van der Waals surface area contributed by atoms with Gasteiger partial charge in [0.25, 0.3) is 5.91 Å². The van der Waals surface area contributed by atoms with Crippen LogP contribution in [0.25, 0.3) is 10.9 Å². The number of carbonyl (C=O) groups is 2. The van der Waals surface area contributed by atoms with Gasteiger partial charge in [0.15, 0.2) is 0 Å². The minimum absolute atomic E-state index is 0.0212. The average molecular weight is 381 g/mol. The number of fused-ring (bicyclic) bond motifs is 2. The van der Waals surface area contributed by atoms with Crippen molar-refractivity contribution in [3.63, 3.8) is 0 Å². The lowest BCUT2D eigenvalue weighted by atomic mass is 9.97. The van der Waals surface area contributed by atoms with Crippen molar-refractivity contribution in [1.82, 2.24) is 9.88 Å². The lowest BCUT2D eigenvalue weighted by Gasteiger charge is -2.25. The third kappa shape index (κ3) is 2.97. The molecule has 0 bridgehead atoms. The molecule has 1 unspecified atom stereocenters. The molecule has 0 aliphatic carbocycles. The molecule has 1 aliphatic heterocycles. The van der Waals surface area contributed by atoms with Gasteiger partial charge in [-0.2, -0.15) is 0 Å². The number of nitrogens with zero attached hydrogens (tertiary/aromatic N) is 1. The number of benzene rings is 3. The highest BCUT2D eigenvalue weighted by molar-refractivity contribution is 6.04. The van der Waals surface area contributed by atoms with Gasteiger partial charge in [0.1, 0.15) is 6.54 Å². The van der Waals surface area contributed by atoms with Crippen LogP contribution >= 0.6 is 0 Å². The highest BCUT2D eigenvalue weighted by Gasteiger charge is 2.39. The standard InChI is InChI=1S/C24H19N3O2/c28-22(26-16-8-2-1-3-9-16)15-27-23(18-11-4-5-12-19(18)24(27)29)20-14-25-21-13-7-6-10-17(20)21/h1-14,23,25H,15H2,(H,26,28). The van der Waals surface area contributed by atoms with E-state index >= 15 is 0 Å². The first-order valence-corrected chi connectivity index (χ1v) is 9.53. The van der Waals surface area contributed by atoms with Crippen LogP contribution in [0.1, 0.15) is 27.5 Å². The van der Waals surface area contributed by atoms with Crippen molar-refractivity contribution in [2.75, 3.05) is 11.9 Å². The van der Waals surface area contributed by atoms with Crippen molar-refractivity contribution in [3.8, 4) is 0 Å². The molecule has 5 nitrogen and oxygen atoms in total. The molecule has 2 amide bonds. The van der Waals surface area contributed by atoms with Crippen LogP contribution in [0.15, 0.2) is 85.1 Å². The van der Waals surface area contributed by atoms with E-state index in [-0.39, 0.29) is 24.4 Å². The van der Waals surface area contributed by atoms with Crippen molar-refractivity contribution in [3.05, 3.63) is 102 Å². The van der Waals surface area contributed by atoms with Gasteiger partial charge >= 0.3 is 0 Å². The summed E-state index contributed by atoms with van der Waals surface area (Å²) in [6.45, 7) is -0.0212. The van der Waals surface area contributed by atoms with Crippen LogP contribution in [0.3, 0.4) is 0 Å². The monoisotopic (exact) mass is 381 g/mol. The van der Waals surface area contributed by atoms with Crippen LogP contribution < -0.4 is 5.32 Å². The van der Waals surface area contributed by atoms with Crippen LogP contribution in [0, 0.1) is 0 Å². The summed E-state index contributed by atoms with van der Waals surface area (Å²) in [5.74, 6) is -0.346. The molecule has 1 aromatic heterocycles. The lowest BCUT2D eigenvalue weighted by Crippen LogP contribution is -2.36. The number of aromatic nitrogens is 1. The first-order valence-electron chi connectivity index (χ1n) is 9.53. The largest absolute Gasteiger partial charge is 0.361 e. The van der Waals surface area contributed by atoms with Crippen LogP contribution in [-0.2, 0) is 4.79 Å². The Balaban J connectivity index is 1.53. The summed E-state index contributed by atoms with van der Waals surface area (Å²) < 4.78 is 0. The number of amides is 2. The molecule has 0 radical (unpaired) electrons. The van der Waals surface area contributed by atoms with Crippen LogP contribution in [0.5, 0.6) is 0 Å². The number of hydrogen-bond acceptors (Lipinski definition) is 2. The van der Waals surface area contributed by atoms with Gasteiger partial charge in [-0.05, 0) is 29.8 Å². The molecule has 29 heavy (non-hydrogen) atoms. The van der Waals surface area contributed by atoms with Crippen molar-refractivity contribution < 1.29 is 9.59 Å². The Morgan fingerprint density at radius 1 is 0.897 bits per heavy atom. The number of H-pyrrole nitrogens is 1. The number of nitrogens with one attached hydrogen (secondary N) is 2. The lowest BCUT2D eigenvalue weighted by molar-refractivity contribution is -0.117. The molecule has 1 aliphatic rings. The summed E-state index contributed by atoms with van der Waals surface area (Å²) in [6, 6.07) is 24.5. The first-order chi connectivity index (χ1) is 14.2. The molecular weight excluding hydrogens is 362 g/mol. The number of anilines is 1. The Labute approximate surface area is 168 Å². The summed E-state index contributed by atoms with van der Waals surface area (Å²) in [6.07, 6.45) is 1.94. The molecule has 0 spiro atoms. The fourth-order valence-corrected chi connectivity index (χ4v) is 4.07. The molecule has 0 saturated carbocycles. The Morgan fingerprint density at radius 2 is 1.62 bits per heavy atom. The van der Waals surface area contributed by atoms with Crippen molar-refractivity contribution in [2.45, 2.75) is 6.04 Å². The predicted molar refractivity (Wildman–Crippen MR) is 113 cm³/mol. The van der Waals surface area contributed by atoms with E-state index in [9.17, 15) is 9.59 Å². The van der Waals surface area contributed by atoms with Crippen molar-refractivity contribution in [1.29, 1.82) is 0 Å². The summed E-state index contributed by atoms with van der Waals surface area (Å²) in [7, 11) is 0. The second-order valence-electron chi connectivity index (χ2n) is 7.13. The molecule has 4 aromatic rings. The van der Waals surface area contributed by atoms with E-state index in [1.54, 1.807) is 4.90 Å². The minimum atomic E-state index is -0.309. The van der Waals surface area contributed by atoms with Gasteiger partial charge in [-0.1, -0.05) is 54.6 Å². The third-order valence-electron chi connectivity index (χ3n) is 5.35. The van der Waals surface area contributed by atoms with E-state index < -0.39 is 0 Å². The Bertz CT molecular complexity index is 1210. The summed E-state index contributed by atoms with van der Waals surface area (Å²) in [4.78, 5) is 30.8. The van der Waals surface area contributed by atoms with E-state index in [1.165, 1.54) is 0 Å². The van der Waals surface area contributed by atoms with Gasteiger partial charge in [-0.3, -0.25) is 9.59 Å². The zero-order valence-electron chi connectivity index (χ0n) is 15.6. The van der Waals surface area contributed by atoms with Crippen LogP contribution in [-0.4, -0.2) is 28.2 Å². The molecule has 5 rings (SSSR count). The SMILES string of the molecule is O=C(CN1C(=O)c2ccccc2C1c1c[nH]c2ccccc12)Nc1ccccc1. The summed E-state index contributed by atoms with van der Waals surface area (Å²) in [5.41, 5.74) is 4.29. The molecule has 5 heteroatoms. The van der Waals surface area contributed by atoms with Gasteiger partial charge in [0, 0.05) is 33.9 Å². The minimum Gasteiger partial charge on any atom is -0.361 e. The Kier molecular flexibility index (Phi) is 4.13. The molecule has 0 fully saturated rings. The van der Waals surface area contributed by atoms with E-state index in [2.05, 4.69) is 10.3 Å². The zero-order valence-corrected chi connectivity index (χ0v) is 15.6. The van der Waals surface area contributed by atoms with Crippen LogP contribution in [0.4, 0.5) is 5.69 Å². The average Bonchev–Trinajstić information content (AvgIpc) is 3.28. The molecule has 0 saturated heterocycles. The second kappa shape index (κ2) is 6.95. The topological polar surface area (TPSA) is 65.2 Å². The van der Waals surface area contributed by atoms with Gasteiger partial charge in [-0.15, -0.1) is 0 Å². The molecule has 1 atom stereocenters. The number of carbonyl (C=O) groups excluding carboxylic acids is 2. The molecule has 2 heterocycles. The molecular formula is C24H19N3O2. The maximum Gasteiger partial charge on any atom is 0.255 e. The second-order valence-corrected chi connectivity index (χ2v) is 7.13. The van der Waals surface area contributed by atoms with E-state index in [0.717, 1.165) is 22.0 Å². The first kappa shape index (κ1) is 17.3. The normalized spacial score (nSPS) is 15.5. The van der Waals surface area contributed by atoms with Crippen LogP contribution in [0.2, 0.25) is 0 Å². The molecule has 142 valence electrons. The van der Waals surface area contributed by atoms with Gasteiger partial charge in [0.2, 0.25) is 5.91 Å². The highest BCUT2D eigenvalue weighted by atomic mass is 16.2. The molecule has 3 aromatic carbocycles. The van der Waals surface area contributed by atoms with Gasteiger partial charge in [-0.25, -0.2) is 0 Å². The van der Waals surface area contributed by atoms with Gasteiger partial charge < -0.3 is 15.2 Å². The maximum absolute atomic E-state index is 13.2. The zero-order chi connectivity index (χ0) is 19.8. The van der Waals surface area contributed by atoms with Crippen molar-refractivity contribution >= 4 is 28.4 Å². The van der Waals surface area contributed by atoms with E-state index in [4.69, 9.17) is 0 Å². The number of hydrogen-bond donors (Lipinski definition) is 2. The quantitative estimate of drug-likeness (QED) is 0.552. The fraction of sp³-hybridized carbons (Fsp3) is 0.0833.